The van der Waals surface area contributed by atoms with Crippen molar-refractivity contribution < 1.29 is 9.53 Å². The second-order valence-corrected chi connectivity index (χ2v) is 6.97. The summed E-state index contributed by atoms with van der Waals surface area (Å²) in [6.45, 7) is 1.89. The molecule has 1 aromatic carbocycles. The van der Waals surface area contributed by atoms with Gasteiger partial charge in [0.1, 0.15) is 5.75 Å². The molecule has 1 saturated heterocycles. The lowest BCUT2D eigenvalue weighted by Crippen LogP contribution is -2.40. The molecule has 1 amide bonds. The van der Waals surface area contributed by atoms with Crippen molar-refractivity contribution in [3.8, 4) is 5.75 Å². The van der Waals surface area contributed by atoms with Crippen molar-refractivity contribution in [2.45, 2.75) is 32.1 Å². The molecule has 4 heteroatoms. The van der Waals surface area contributed by atoms with E-state index in [9.17, 15) is 4.79 Å². The number of hydrogen-bond donors (Lipinski definition) is 0. The zero-order valence-electron chi connectivity index (χ0n) is 13.7. The van der Waals surface area contributed by atoms with Crippen LogP contribution in [0.15, 0.2) is 24.3 Å². The lowest BCUT2D eigenvalue weighted by molar-refractivity contribution is -0.132. The summed E-state index contributed by atoms with van der Waals surface area (Å²) in [6, 6.07) is 8.31. The first-order chi connectivity index (χ1) is 10.7. The molecule has 0 aliphatic carbocycles. The molecule has 22 heavy (non-hydrogen) atoms. The fourth-order valence-corrected chi connectivity index (χ4v) is 3.45. The molecule has 1 heterocycles. The number of carbonyl (C=O) groups is 1. The van der Waals surface area contributed by atoms with Crippen LogP contribution in [-0.4, -0.2) is 43.0 Å². The third-order valence-corrected chi connectivity index (χ3v) is 4.98. The van der Waals surface area contributed by atoms with Gasteiger partial charge in [0.05, 0.1) is 7.11 Å². The normalized spacial score (nSPS) is 18.3. The Balaban J connectivity index is 1.81. The summed E-state index contributed by atoms with van der Waals surface area (Å²) in [5.41, 5.74) is 1.32. The van der Waals surface area contributed by atoms with Gasteiger partial charge < -0.3 is 9.64 Å². The SMILES string of the molecule is COc1cccc(CC[C@H]2CCCN(C(=O)CCSC)C2)c1. The van der Waals surface area contributed by atoms with Gasteiger partial charge in [0.25, 0.3) is 0 Å². The average molecular weight is 321 g/mol. The van der Waals surface area contributed by atoms with Crippen molar-refractivity contribution in [2.75, 3.05) is 32.2 Å². The lowest BCUT2D eigenvalue weighted by atomic mass is 9.91. The maximum atomic E-state index is 12.2. The number of rotatable bonds is 7. The Kier molecular flexibility index (Phi) is 7.10. The fraction of sp³-hybridized carbons (Fsp3) is 0.611. The minimum Gasteiger partial charge on any atom is -0.497 e. The maximum Gasteiger partial charge on any atom is 0.223 e. The number of nitrogens with zero attached hydrogens (tertiary/aromatic N) is 1. The van der Waals surface area contributed by atoms with Crippen LogP contribution < -0.4 is 4.74 Å². The minimum atomic E-state index is 0.334. The first-order valence-electron chi connectivity index (χ1n) is 8.12. The van der Waals surface area contributed by atoms with Crippen LogP contribution in [0.5, 0.6) is 5.75 Å². The van der Waals surface area contributed by atoms with E-state index in [0.717, 1.165) is 43.9 Å². The first-order valence-corrected chi connectivity index (χ1v) is 9.52. The van der Waals surface area contributed by atoms with E-state index < -0.39 is 0 Å². The van der Waals surface area contributed by atoms with E-state index >= 15 is 0 Å². The van der Waals surface area contributed by atoms with E-state index in [2.05, 4.69) is 23.3 Å². The van der Waals surface area contributed by atoms with Crippen LogP contribution in [0.4, 0.5) is 0 Å². The molecule has 2 rings (SSSR count). The topological polar surface area (TPSA) is 29.5 Å². The number of ether oxygens (including phenoxy) is 1. The van der Waals surface area contributed by atoms with Crippen LogP contribution in [-0.2, 0) is 11.2 Å². The predicted molar refractivity (Wildman–Crippen MR) is 93.6 cm³/mol. The molecule has 0 aromatic heterocycles. The number of hydrogen-bond acceptors (Lipinski definition) is 3. The molecule has 1 aromatic rings. The van der Waals surface area contributed by atoms with Crippen LogP contribution in [0, 0.1) is 5.92 Å². The van der Waals surface area contributed by atoms with Crippen molar-refractivity contribution in [3.05, 3.63) is 29.8 Å². The van der Waals surface area contributed by atoms with Crippen LogP contribution in [0.1, 0.15) is 31.2 Å². The molecule has 0 radical (unpaired) electrons. The maximum absolute atomic E-state index is 12.2. The van der Waals surface area contributed by atoms with Gasteiger partial charge in [0.2, 0.25) is 5.91 Å². The Hall–Kier alpha value is -1.16. The first kappa shape index (κ1) is 17.2. The monoisotopic (exact) mass is 321 g/mol. The zero-order chi connectivity index (χ0) is 15.8. The van der Waals surface area contributed by atoms with E-state index in [1.165, 1.54) is 12.0 Å². The van der Waals surface area contributed by atoms with Crippen LogP contribution in [0.25, 0.3) is 0 Å². The molecule has 1 aliphatic heterocycles. The summed E-state index contributed by atoms with van der Waals surface area (Å²) in [4.78, 5) is 14.2. The number of benzene rings is 1. The van der Waals surface area contributed by atoms with Crippen LogP contribution >= 0.6 is 11.8 Å². The van der Waals surface area contributed by atoms with Gasteiger partial charge in [-0.3, -0.25) is 4.79 Å². The largest absolute Gasteiger partial charge is 0.497 e. The molecule has 1 fully saturated rings. The van der Waals surface area contributed by atoms with Gasteiger partial charge in [-0.05, 0) is 55.6 Å². The van der Waals surface area contributed by atoms with E-state index in [-0.39, 0.29) is 0 Å². The summed E-state index contributed by atoms with van der Waals surface area (Å²) in [5, 5.41) is 0. The molecule has 0 bridgehead atoms. The van der Waals surface area contributed by atoms with Gasteiger partial charge >= 0.3 is 0 Å². The lowest BCUT2D eigenvalue weighted by Gasteiger charge is -2.33. The van der Waals surface area contributed by atoms with E-state index in [0.29, 0.717) is 18.2 Å². The molecular formula is C18H27NO2S. The van der Waals surface area contributed by atoms with Gasteiger partial charge in [0, 0.05) is 25.3 Å². The summed E-state index contributed by atoms with van der Waals surface area (Å²) in [5.74, 6) is 2.83. The molecule has 0 unspecified atom stereocenters. The molecule has 0 saturated carbocycles. The Morgan fingerprint density at radius 2 is 2.32 bits per heavy atom. The molecule has 0 N–H and O–H groups in total. The second kappa shape index (κ2) is 9.09. The van der Waals surface area contributed by atoms with Crippen molar-refractivity contribution in [1.29, 1.82) is 0 Å². The Morgan fingerprint density at radius 3 is 3.09 bits per heavy atom. The highest BCUT2D eigenvalue weighted by molar-refractivity contribution is 7.98. The highest BCUT2D eigenvalue weighted by atomic mass is 32.2. The summed E-state index contributed by atoms with van der Waals surface area (Å²) >= 11 is 1.75. The van der Waals surface area contributed by atoms with Gasteiger partial charge in [-0.1, -0.05) is 12.1 Å². The molecule has 0 spiro atoms. The number of thioether (sulfide) groups is 1. The van der Waals surface area contributed by atoms with Crippen molar-refractivity contribution in [3.63, 3.8) is 0 Å². The van der Waals surface area contributed by atoms with Gasteiger partial charge in [-0.2, -0.15) is 11.8 Å². The standard InChI is InChI=1S/C18H27NO2S/c1-21-17-7-3-5-15(13-17)8-9-16-6-4-11-19(14-16)18(20)10-12-22-2/h3,5,7,13,16H,4,6,8-12,14H2,1-2H3/t16-/m1/s1. The zero-order valence-corrected chi connectivity index (χ0v) is 14.5. The molecular weight excluding hydrogens is 294 g/mol. The number of carbonyl (C=O) groups excluding carboxylic acids is 1. The van der Waals surface area contributed by atoms with Gasteiger partial charge in [-0.15, -0.1) is 0 Å². The van der Waals surface area contributed by atoms with Gasteiger partial charge in [0.15, 0.2) is 0 Å². The van der Waals surface area contributed by atoms with E-state index in [4.69, 9.17) is 4.74 Å². The smallest absolute Gasteiger partial charge is 0.223 e. The molecule has 122 valence electrons. The molecule has 1 aliphatic rings. The fourth-order valence-electron chi connectivity index (χ4n) is 3.07. The highest BCUT2D eigenvalue weighted by Gasteiger charge is 2.23. The second-order valence-electron chi connectivity index (χ2n) is 5.98. The van der Waals surface area contributed by atoms with Crippen molar-refractivity contribution >= 4 is 17.7 Å². The Bertz CT molecular complexity index is 478. The van der Waals surface area contributed by atoms with Crippen molar-refractivity contribution in [2.24, 2.45) is 5.92 Å². The van der Waals surface area contributed by atoms with Crippen LogP contribution in [0.3, 0.4) is 0 Å². The number of aryl methyl sites for hydroxylation is 1. The average Bonchev–Trinajstić information content (AvgIpc) is 2.58. The minimum absolute atomic E-state index is 0.334. The van der Waals surface area contributed by atoms with Crippen LogP contribution in [0.2, 0.25) is 0 Å². The van der Waals surface area contributed by atoms with Gasteiger partial charge in [-0.25, -0.2) is 0 Å². The highest BCUT2D eigenvalue weighted by Crippen LogP contribution is 2.23. The number of methoxy groups -OCH3 is 1. The number of piperidine rings is 1. The van der Waals surface area contributed by atoms with Crippen molar-refractivity contribution in [1.82, 2.24) is 4.90 Å². The summed E-state index contributed by atoms with van der Waals surface area (Å²) in [7, 11) is 1.71. The Labute approximate surface area is 138 Å². The number of likely N-dealkylation sites (tertiary alicyclic amines) is 1. The summed E-state index contributed by atoms with van der Waals surface area (Å²) < 4.78 is 5.28. The Morgan fingerprint density at radius 1 is 1.45 bits per heavy atom. The number of amides is 1. The summed E-state index contributed by atoms with van der Waals surface area (Å²) in [6.07, 6.45) is 7.35. The molecule has 3 nitrogen and oxygen atoms in total. The quantitative estimate of drug-likeness (QED) is 0.768. The van der Waals surface area contributed by atoms with E-state index in [1.807, 2.05) is 12.1 Å². The third-order valence-electron chi connectivity index (χ3n) is 4.37. The molecule has 1 atom stereocenters. The third kappa shape index (κ3) is 5.24. The predicted octanol–water partition coefficient (Wildman–Crippen LogP) is 3.62. The van der Waals surface area contributed by atoms with E-state index in [1.54, 1.807) is 18.9 Å².